The number of hydrogen-bond donors (Lipinski definition) is 2. The van der Waals surface area contributed by atoms with E-state index in [2.05, 4.69) is 11.6 Å². The van der Waals surface area contributed by atoms with Crippen LogP contribution in [-0.2, 0) is 0 Å². The van der Waals surface area contributed by atoms with Crippen LogP contribution >= 0.6 is 11.8 Å². The lowest BCUT2D eigenvalue weighted by atomic mass is 10.2. The molecule has 0 atom stereocenters. The molecule has 0 heterocycles. The van der Waals surface area contributed by atoms with Gasteiger partial charge in [0.25, 0.3) is 0 Å². The molecule has 0 aromatic heterocycles. The summed E-state index contributed by atoms with van der Waals surface area (Å²) < 4.78 is 0. The summed E-state index contributed by atoms with van der Waals surface area (Å²) in [4.78, 5) is 0. The normalized spacial score (nSPS) is 10.1. The van der Waals surface area contributed by atoms with Gasteiger partial charge in [0.1, 0.15) is 5.75 Å². The molecule has 0 aliphatic heterocycles. The van der Waals surface area contributed by atoms with Crippen LogP contribution in [0.4, 0.5) is 5.69 Å². The number of nitrogens with one attached hydrogen (secondary N) is 1. The predicted octanol–water partition coefficient (Wildman–Crippen LogP) is 2.87. The topological polar surface area (TPSA) is 32.3 Å². The van der Waals surface area contributed by atoms with Gasteiger partial charge in [0.05, 0.1) is 0 Å². The number of benzene rings is 1. The van der Waals surface area contributed by atoms with E-state index in [9.17, 15) is 5.11 Å². The summed E-state index contributed by atoms with van der Waals surface area (Å²) >= 11 is 1.86. The number of hydrogen-bond acceptors (Lipinski definition) is 3. The van der Waals surface area contributed by atoms with E-state index in [1.807, 2.05) is 24.8 Å². The van der Waals surface area contributed by atoms with Gasteiger partial charge in [0.15, 0.2) is 0 Å². The first-order valence-electron chi connectivity index (χ1n) is 4.76. The Labute approximate surface area is 89.7 Å². The van der Waals surface area contributed by atoms with Gasteiger partial charge in [0, 0.05) is 12.2 Å². The average Bonchev–Trinajstić information content (AvgIpc) is 2.15. The first kappa shape index (κ1) is 11.2. The number of phenols is 1. The van der Waals surface area contributed by atoms with E-state index in [1.54, 1.807) is 12.1 Å². The zero-order valence-corrected chi connectivity index (χ0v) is 9.53. The summed E-state index contributed by atoms with van der Waals surface area (Å²) in [5.74, 6) is 1.52. The molecule has 0 amide bonds. The molecule has 0 spiro atoms. The molecule has 0 aliphatic rings. The fourth-order valence-corrected chi connectivity index (χ4v) is 1.72. The van der Waals surface area contributed by atoms with Crippen LogP contribution < -0.4 is 5.32 Å². The van der Waals surface area contributed by atoms with Crippen molar-refractivity contribution in [3.63, 3.8) is 0 Å². The maximum atomic E-state index is 9.22. The summed E-state index contributed by atoms with van der Waals surface area (Å²) in [5, 5.41) is 12.6. The van der Waals surface area contributed by atoms with Crippen molar-refractivity contribution >= 4 is 17.4 Å². The van der Waals surface area contributed by atoms with Gasteiger partial charge in [-0.1, -0.05) is 0 Å². The summed E-state index contributed by atoms with van der Waals surface area (Å²) in [5.41, 5.74) is 2.21. The van der Waals surface area contributed by atoms with Crippen LogP contribution in [0.1, 0.15) is 12.0 Å². The Bertz CT molecular complexity index is 289. The van der Waals surface area contributed by atoms with Crippen molar-refractivity contribution in [2.75, 3.05) is 23.9 Å². The van der Waals surface area contributed by atoms with Crippen LogP contribution in [0.3, 0.4) is 0 Å². The van der Waals surface area contributed by atoms with Gasteiger partial charge >= 0.3 is 0 Å². The zero-order chi connectivity index (χ0) is 10.4. The molecule has 0 unspecified atom stereocenters. The van der Waals surface area contributed by atoms with Gasteiger partial charge in [-0.2, -0.15) is 11.8 Å². The third-order valence-electron chi connectivity index (χ3n) is 2.05. The van der Waals surface area contributed by atoms with Crippen LogP contribution in [0.2, 0.25) is 0 Å². The Morgan fingerprint density at radius 3 is 2.86 bits per heavy atom. The minimum Gasteiger partial charge on any atom is -0.508 e. The van der Waals surface area contributed by atoms with Gasteiger partial charge in [-0.15, -0.1) is 0 Å². The Hall–Kier alpha value is -0.830. The highest BCUT2D eigenvalue weighted by Gasteiger charge is 1.97. The molecule has 0 saturated carbocycles. The second-order valence-electron chi connectivity index (χ2n) is 3.27. The Morgan fingerprint density at radius 1 is 1.43 bits per heavy atom. The van der Waals surface area contributed by atoms with Crippen molar-refractivity contribution in [2.45, 2.75) is 13.3 Å². The van der Waals surface area contributed by atoms with Crippen molar-refractivity contribution in [1.29, 1.82) is 0 Å². The minimum atomic E-state index is 0.331. The molecular weight excluding hydrogens is 194 g/mol. The van der Waals surface area contributed by atoms with Gasteiger partial charge in [0.2, 0.25) is 0 Å². The summed E-state index contributed by atoms with van der Waals surface area (Å²) in [7, 11) is 0. The maximum Gasteiger partial charge on any atom is 0.115 e. The van der Waals surface area contributed by atoms with Crippen molar-refractivity contribution in [2.24, 2.45) is 0 Å². The van der Waals surface area contributed by atoms with Crippen LogP contribution in [-0.4, -0.2) is 23.7 Å². The van der Waals surface area contributed by atoms with Crippen LogP contribution in [0.5, 0.6) is 5.75 Å². The fourth-order valence-electron chi connectivity index (χ4n) is 1.29. The quantitative estimate of drug-likeness (QED) is 0.580. The Morgan fingerprint density at radius 2 is 2.21 bits per heavy atom. The van der Waals surface area contributed by atoms with Crippen LogP contribution in [0.15, 0.2) is 18.2 Å². The first-order valence-corrected chi connectivity index (χ1v) is 6.16. The maximum absolute atomic E-state index is 9.22. The third-order valence-corrected chi connectivity index (χ3v) is 2.75. The van der Waals surface area contributed by atoms with Crippen LogP contribution in [0.25, 0.3) is 0 Å². The first-order chi connectivity index (χ1) is 6.74. The number of phenolic OH excluding ortho intramolecular Hbond substituents is 1. The zero-order valence-electron chi connectivity index (χ0n) is 8.71. The Kier molecular flexibility index (Phi) is 4.66. The lowest BCUT2D eigenvalue weighted by Gasteiger charge is -2.09. The number of aryl methyl sites for hydroxylation is 1. The molecule has 0 bridgehead atoms. The van der Waals surface area contributed by atoms with E-state index in [4.69, 9.17) is 0 Å². The number of anilines is 1. The van der Waals surface area contributed by atoms with Crippen LogP contribution in [0, 0.1) is 6.92 Å². The molecule has 0 radical (unpaired) electrons. The highest BCUT2D eigenvalue weighted by molar-refractivity contribution is 7.98. The number of thioether (sulfide) groups is 1. The van der Waals surface area contributed by atoms with Crippen molar-refractivity contribution in [3.8, 4) is 5.75 Å². The van der Waals surface area contributed by atoms with E-state index in [0.717, 1.165) is 17.8 Å². The average molecular weight is 211 g/mol. The summed E-state index contributed by atoms with van der Waals surface area (Å²) in [6.07, 6.45) is 3.29. The molecule has 1 aromatic rings. The molecule has 0 aliphatic carbocycles. The second-order valence-corrected chi connectivity index (χ2v) is 4.26. The molecule has 78 valence electrons. The van der Waals surface area contributed by atoms with Crippen molar-refractivity contribution in [1.82, 2.24) is 0 Å². The molecule has 2 nitrogen and oxygen atoms in total. The Balaban J connectivity index is 2.42. The minimum absolute atomic E-state index is 0.331. The number of aromatic hydroxyl groups is 1. The largest absolute Gasteiger partial charge is 0.508 e. The summed E-state index contributed by atoms with van der Waals surface area (Å²) in [6, 6.07) is 5.41. The van der Waals surface area contributed by atoms with E-state index >= 15 is 0 Å². The molecule has 1 rings (SSSR count). The van der Waals surface area contributed by atoms with Gasteiger partial charge in [-0.05, 0) is 49.1 Å². The third kappa shape index (κ3) is 3.50. The number of rotatable bonds is 5. The van der Waals surface area contributed by atoms with E-state index in [-0.39, 0.29) is 0 Å². The van der Waals surface area contributed by atoms with E-state index < -0.39 is 0 Å². The molecule has 0 fully saturated rings. The smallest absolute Gasteiger partial charge is 0.115 e. The van der Waals surface area contributed by atoms with Crippen molar-refractivity contribution in [3.05, 3.63) is 23.8 Å². The highest BCUT2D eigenvalue weighted by Crippen LogP contribution is 2.19. The molecule has 14 heavy (non-hydrogen) atoms. The van der Waals surface area contributed by atoms with E-state index in [0.29, 0.717) is 5.75 Å². The molecule has 2 N–H and O–H groups in total. The molecule has 3 heteroatoms. The summed E-state index contributed by atoms with van der Waals surface area (Å²) in [6.45, 7) is 2.99. The van der Waals surface area contributed by atoms with Gasteiger partial charge in [-0.25, -0.2) is 0 Å². The van der Waals surface area contributed by atoms with Gasteiger partial charge < -0.3 is 10.4 Å². The van der Waals surface area contributed by atoms with Crippen molar-refractivity contribution < 1.29 is 5.11 Å². The lowest BCUT2D eigenvalue weighted by Crippen LogP contribution is -2.03. The predicted molar refractivity (Wildman–Crippen MR) is 64.3 cm³/mol. The van der Waals surface area contributed by atoms with Gasteiger partial charge in [-0.3, -0.25) is 0 Å². The molecule has 0 saturated heterocycles. The fraction of sp³-hybridized carbons (Fsp3) is 0.455. The monoisotopic (exact) mass is 211 g/mol. The lowest BCUT2D eigenvalue weighted by molar-refractivity contribution is 0.475. The SMILES string of the molecule is CSCCCNc1ccc(O)cc1C. The standard InChI is InChI=1S/C11H17NOS/c1-9-8-10(13)4-5-11(9)12-6-3-7-14-2/h4-5,8,12-13H,3,6-7H2,1-2H3. The molecular formula is C11H17NOS. The molecule has 1 aromatic carbocycles. The second kappa shape index (κ2) is 5.81. The van der Waals surface area contributed by atoms with E-state index in [1.165, 1.54) is 12.2 Å². The highest BCUT2D eigenvalue weighted by atomic mass is 32.2.